The molecule has 6 atom stereocenters. The standard InChI is InChI=1S/C35H44N4O5/c1-6-21-37(26-13-11-10-12-14-26)32(41)29-28-19-20-35(44-28)30(29)33(42)39(24(5)23-40)31(35)34(43)38(22-7-2)27-17-15-25(16-18-27)36(8-3)9-4/h6-7,10-18,24,28-31,40H,1-2,8-9,19-23H2,3-5H3/t24-,28+,29-,30+,31?,35?/m1/s1. The van der Waals surface area contributed by atoms with Crippen molar-refractivity contribution in [2.45, 2.75) is 57.4 Å². The lowest BCUT2D eigenvalue weighted by molar-refractivity contribution is -0.143. The Morgan fingerprint density at radius 3 is 2.11 bits per heavy atom. The second-order valence-corrected chi connectivity index (χ2v) is 11.8. The molecule has 9 nitrogen and oxygen atoms in total. The summed E-state index contributed by atoms with van der Waals surface area (Å²) in [6.45, 7) is 15.6. The highest BCUT2D eigenvalue weighted by molar-refractivity contribution is 6.06. The van der Waals surface area contributed by atoms with Crippen LogP contribution in [0.25, 0.3) is 0 Å². The fourth-order valence-corrected chi connectivity index (χ4v) is 7.49. The van der Waals surface area contributed by atoms with Gasteiger partial charge in [0.2, 0.25) is 11.8 Å². The van der Waals surface area contributed by atoms with Crippen molar-refractivity contribution in [2.75, 3.05) is 47.5 Å². The summed E-state index contributed by atoms with van der Waals surface area (Å²) in [4.78, 5) is 50.3. The third kappa shape index (κ3) is 5.12. The van der Waals surface area contributed by atoms with E-state index in [-0.39, 0.29) is 37.4 Å². The first-order valence-corrected chi connectivity index (χ1v) is 15.6. The Morgan fingerprint density at radius 2 is 1.55 bits per heavy atom. The van der Waals surface area contributed by atoms with Gasteiger partial charge in [-0.25, -0.2) is 0 Å². The van der Waals surface area contributed by atoms with E-state index in [0.717, 1.165) is 18.8 Å². The number of aliphatic hydroxyl groups is 1. The zero-order valence-corrected chi connectivity index (χ0v) is 26.0. The molecule has 3 aliphatic heterocycles. The average molecular weight is 601 g/mol. The molecule has 0 aromatic heterocycles. The fourth-order valence-electron chi connectivity index (χ4n) is 7.49. The molecule has 3 amide bonds. The number of fused-ring (bicyclic) bond motifs is 1. The number of hydrogen-bond acceptors (Lipinski definition) is 6. The largest absolute Gasteiger partial charge is 0.394 e. The SMILES string of the molecule is C=CCN(C(=O)C1N([C@H](C)CO)C(=O)[C@@H]2[C@H](C(=O)N(CC=C)c3ccccc3)[C@@H]3CCC12O3)c1ccc(N(CC)CC)cc1. The predicted molar refractivity (Wildman–Crippen MR) is 173 cm³/mol. The molecular weight excluding hydrogens is 556 g/mol. The molecule has 3 saturated heterocycles. The predicted octanol–water partition coefficient (Wildman–Crippen LogP) is 4.03. The van der Waals surface area contributed by atoms with E-state index in [9.17, 15) is 19.5 Å². The van der Waals surface area contributed by atoms with Crippen molar-refractivity contribution < 1.29 is 24.2 Å². The van der Waals surface area contributed by atoms with Crippen molar-refractivity contribution in [3.63, 3.8) is 0 Å². The number of anilines is 3. The monoisotopic (exact) mass is 600 g/mol. The summed E-state index contributed by atoms with van der Waals surface area (Å²) < 4.78 is 6.66. The summed E-state index contributed by atoms with van der Waals surface area (Å²) in [6, 6.07) is 15.5. The van der Waals surface area contributed by atoms with Crippen LogP contribution in [0.4, 0.5) is 17.1 Å². The van der Waals surface area contributed by atoms with E-state index >= 15 is 0 Å². The Kier molecular flexibility index (Phi) is 9.27. The molecular formula is C35H44N4O5. The van der Waals surface area contributed by atoms with Crippen LogP contribution in [0.1, 0.15) is 33.6 Å². The smallest absolute Gasteiger partial charge is 0.253 e. The van der Waals surface area contributed by atoms with Gasteiger partial charge in [-0.2, -0.15) is 0 Å². The van der Waals surface area contributed by atoms with Gasteiger partial charge in [-0.15, -0.1) is 13.2 Å². The summed E-state index contributed by atoms with van der Waals surface area (Å²) in [5.41, 5.74) is 1.26. The molecule has 1 spiro atoms. The minimum atomic E-state index is -1.18. The summed E-state index contributed by atoms with van der Waals surface area (Å²) in [6.07, 6.45) is 3.86. The lowest BCUT2D eigenvalue weighted by Crippen LogP contribution is -2.58. The number of para-hydroxylation sites is 1. The summed E-state index contributed by atoms with van der Waals surface area (Å²) in [5, 5.41) is 10.2. The number of nitrogens with zero attached hydrogens (tertiary/aromatic N) is 4. The topological polar surface area (TPSA) is 93.6 Å². The van der Waals surface area contributed by atoms with Gasteiger partial charge >= 0.3 is 0 Å². The number of amides is 3. The van der Waals surface area contributed by atoms with Crippen LogP contribution < -0.4 is 14.7 Å². The number of benzene rings is 2. The van der Waals surface area contributed by atoms with Gasteiger partial charge in [0.15, 0.2) is 0 Å². The lowest BCUT2D eigenvalue weighted by Gasteiger charge is -2.38. The molecule has 234 valence electrons. The Morgan fingerprint density at radius 1 is 0.977 bits per heavy atom. The number of rotatable bonds is 13. The maximum absolute atomic E-state index is 14.7. The normalized spacial score (nSPS) is 25.8. The molecule has 3 heterocycles. The van der Waals surface area contributed by atoms with Gasteiger partial charge in [0.25, 0.3) is 5.91 Å². The number of hydrogen-bond donors (Lipinski definition) is 1. The first-order chi connectivity index (χ1) is 21.3. The number of likely N-dealkylation sites (tertiary alicyclic amines) is 1. The highest BCUT2D eigenvalue weighted by Crippen LogP contribution is 2.59. The van der Waals surface area contributed by atoms with Crippen molar-refractivity contribution >= 4 is 34.8 Å². The Hall–Kier alpha value is -3.95. The zero-order chi connectivity index (χ0) is 31.6. The molecule has 2 bridgehead atoms. The molecule has 44 heavy (non-hydrogen) atoms. The fraction of sp³-hybridized carbons (Fsp3) is 0.457. The number of carbonyl (C=O) groups excluding carboxylic acids is 3. The molecule has 0 radical (unpaired) electrons. The first kappa shape index (κ1) is 31.5. The van der Waals surface area contributed by atoms with Gasteiger partial charge in [0.05, 0.1) is 30.6 Å². The van der Waals surface area contributed by atoms with E-state index in [4.69, 9.17) is 4.74 Å². The maximum atomic E-state index is 14.7. The van der Waals surface area contributed by atoms with E-state index in [1.165, 1.54) is 4.90 Å². The molecule has 3 fully saturated rings. The molecule has 0 saturated carbocycles. The van der Waals surface area contributed by atoms with Crippen LogP contribution in [0.3, 0.4) is 0 Å². The molecule has 9 heteroatoms. The first-order valence-electron chi connectivity index (χ1n) is 15.6. The average Bonchev–Trinajstić information content (AvgIpc) is 3.70. The van der Waals surface area contributed by atoms with E-state index in [2.05, 4.69) is 31.9 Å². The lowest BCUT2D eigenvalue weighted by atomic mass is 9.70. The summed E-state index contributed by atoms with van der Waals surface area (Å²) in [7, 11) is 0. The van der Waals surface area contributed by atoms with E-state index in [1.807, 2.05) is 54.6 Å². The quantitative estimate of drug-likeness (QED) is 0.349. The Balaban J connectivity index is 1.54. The summed E-state index contributed by atoms with van der Waals surface area (Å²) >= 11 is 0. The highest BCUT2D eigenvalue weighted by Gasteiger charge is 2.75. The van der Waals surface area contributed by atoms with Crippen molar-refractivity contribution in [1.29, 1.82) is 0 Å². The third-order valence-corrected chi connectivity index (χ3v) is 9.51. The number of carbonyl (C=O) groups is 3. The van der Waals surface area contributed by atoms with E-state index < -0.39 is 35.6 Å². The van der Waals surface area contributed by atoms with Gasteiger partial charge in [0.1, 0.15) is 11.6 Å². The molecule has 5 rings (SSSR count). The van der Waals surface area contributed by atoms with Crippen LogP contribution >= 0.6 is 0 Å². The minimum absolute atomic E-state index is 0.222. The number of ether oxygens (including phenoxy) is 1. The van der Waals surface area contributed by atoms with Crippen molar-refractivity contribution in [3.05, 3.63) is 79.9 Å². The Bertz CT molecular complexity index is 1380. The van der Waals surface area contributed by atoms with Gasteiger partial charge < -0.3 is 29.4 Å². The van der Waals surface area contributed by atoms with Crippen LogP contribution in [-0.4, -0.2) is 84.3 Å². The molecule has 0 aliphatic carbocycles. The van der Waals surface area contributed by atoms with Crippen LogP contribution in [0.2, 0.25) is 0 Å². The van der Waals surface area contributed by atoms with Crippen LogP contribution in [0.15, 0.2) is 79.9 Å². The van der Waals surface area contributed by atoms with Gasteiger partial charge in [-0.3, -0.25) is 14.4 Å². The van der Waals surface area contributed by atoms with Gasteiger partial charge in [-0.05, 0) is 70.0 Å². The van der Waals surface area contributed by atoms with E-state index in [1.54, 1.807) is 28.9 Å². The minimum Gasteiger partial charge on any atom is -0.394 e. The van der Waals surface area contributed by atoms with Crippen LogP contribution in [0, 0.1) is 11.8 Å². The second kappa shape index (κ2) is 13.0. The van der Waals surface area contributed by atoms with E-state index in [0.29, 0.717) is 24.2 Å². The summed E-state index contributed by atoms with van der Waals surface area (Å²) in [5.74, 6) is -2.46. The maximum Gasteiger partial charge on any atom is 0.253 e. The molecule has 2 aromatic rings. The van der Waals surface area contributed by atoms with Crippen molar-refractivity contribution in [3.8, 4) is 0 Å². The van der Waals surface area contributed by atoms with Crippen molar-refractivity contribution in [1.82, 2.24) is 4.90 Å². The van der Waals surface area contributed by atoms with Gasteiger partial charge in [-0.1, -0.05) is 30.4 Å². The molecule has 2 aromatic carbocycles. The van der Waals surface area contributed by atoms with Gasteiger partial charge in [0, 0.05) is 43.2 Å². The highest BCUT2D eigenvalue weighted by atomic mass is 16.5. The Labute approximate surface area is 260 Å². The zero-order valence-electron chi connectivity index (χ0n) is 26.0. The second-order valence-electron chi connectivity index (χ2n) is 11.8. The molecule has 1 N–H and O–H groups in total. The third-order valence-electron chi connectivity index (χ3n) is 9.51. The molecule has 2 unspecified atom stereocenters. The van der Waals surface area contributed by atoms with Crippen molar-refractivity contribution in [2.24, 2.45) is 11.8 Å². The number of aliphatic hydroxyl groups excluding tert-OH is 1. The van der Waals surface area contributed by atoms with Crippen LogP contribution in [-0.2, 0) is 19.1 Å². The molecule has 3 aliphatic rings. The van der Waals surface area contributed by atoms with Crippen LogP contribution in [0.5, 0.6) is 0 Å².